The third kappa shape index (κ3) is 4.25. The van der Waals surface area contributed by atoms with Gasteiger partial charge in [-0.1, -0.05) is 27.7 Å². The second-order valence-corrected chi connectivity index (χ2v) is 6.23. The Morgan fingerprint density at radius 3 is 2.47 bits per heavy atom. The van der Waals surface area contributed by atoms with Crippen molar-refractivity contribution in [3.05, 3.63) is 27.7 Å². The number of aromatic amines is 1. The van der Waals surface area contributed by atoms with Gasteiger partial charge in [0.15, 0.2) is 5.75 Å². The van der Waals surface area contributed by atoms with Gasteiger partial charge in [-0.25, -0.2) is 0 Å². The summed E-state index contributed by atoms with van der Waals surface area (Å²) in [5.74, 6) is 0.340. The molecule has 1 heterocycles. The summed E-state index contributed by atoms with van der Waals surface area (Å²) in [6.07, 6.45) is 1.95. The minimum Gasteiger partial charge on any atom is -0.503 e. The fraction of sp³-hybridized carbons (Fsp3) is 0.643. The molecule has 3 nitrogen and oxygen atoms in total. The first-order valence-electron chi connectivity index (χ1n) is 6.11. The summed E-state index contributed by atoms with van der Waals surface area (Å²) in [4.78, 5) is 14.1. The molecule has 96 valence electrons. The first-order chi connectivity index (χ1) is 7.69. The molecule has 1 aromatic rings. The van der Waals surface area contributed by atoms with Crippen LogP contribution in [0.2, 0.25) is 0 Å². The molecular formula is C14H23NO2. The Labute approximate surface area is 103 Å². The number of aryl methyl sites for hydroxylation is 1. The standard InChI is InChI=1S/C14H23NO2/c1-9(8-14(3,4)5)6-11-7-10(2)12(16)13(17)15-11/h7,9,16H,6,8H2,1-5H3,(H,15,17). The van der Waals surface area contributed by atoms with E-state index in [2.05, 4.69) is 32.7 Å². The number of nitrogens with one attached hydrogen (secondary N) is 1. The van der Waals surface area contributed by atoms with Crippen molar-refractivity contribution in [3.8, 4) is 5.75 Å². The van der Waals surface area contributed by atoms with Crippen LogP contribution in [-0.4, -0.2) is 10.1 Å². The van der Waals surface area contributed by atoms with Gasteiger partial charge in [0.05, 0.1) is 0 Å². The van der Waals surface area contributed by atoms with Crippen molar-refractivity contribution >= 4 is 0 Å². The minimum absolute atomic E-state index is 0.169. The minimum atomic E-state index is -0.386. The first-order valence-corrected chi connectivity index (χ1v) is 6.11. The van der Waals surface area contributed by atoms with Crippen LogP contribution in [0.4, 0.5) is 0 Å². The number of H-pyrrole nitrogens is 1. The largest absolute Gasteiger partial charge is 0.503 e. The van der Waals surface area contributed by atoms with Crippen molar-refractivity contribution in [2.75, 3.05) is 0 Å². The molecule has 0 saturated carbocycles. The molecule has 1 rings (SSSR count). The highest BCUT2D eigenvalue weighted by Crippen LogP contribution is 2.26. The molecule has 3 heteroatoms. The number of pyridine rings is 1. The van der Waals surface area contributed by atoms with Crippen LogP contribution in [-0.2, 0) is 6.42 Å². The van der Waals surface area contributed by atoms with Crippen molar-refractivity contribution < 1.29 is 5.11 Å². The van der Waals surface area contributed by atoms with Crippen LogP contribution in [0.5, 0.6) is 5.75 Å². The molecule has 0 aliphatic heterocycles. The smallest absolute Gasteiger partial charge is 0.290 e. The summed E-state index contributed by atoms with van der Waals surface area (Å²) in [6.45, 7) is 10.6. The summed E-state index contributed by atoms with van der Waals surface area (Å²) in [7, 11) is 0. The average Bonchev–Trinajstić information content (AvgIpc) is 2.10. The predicted molar refractivity (Wildman–Crippen MR) is 70.4 cm³/mol. The van der Waals surface area contributed by atoms with E-state index in [1.807, 2.05) is 6.07 Å². The lowest BCUT2D eigenvalue weighted by atomic mass is 9.83. The molecule has 1 unspecified atom stereocenters. The highest BCUT2D eigenvalue weighted by Gasteiger charge is 2.16. The topological polar surface area (TPSA) is 53.1 Å². The van der Waals surface area contributed by atoms with Crippen molar-refractivity contribution in [2.24, 2.45) is 11.3 Å². The lowest BCUT2D eigenvalue weighted by molar-refractivity contribution is 0.304. The normalized spacial score (nSPS) is 13.7. The molecule has 0 aliphatic carbocycles. The third-order valence-electron chi connectivity index (χ3n) is 2.78. The van der Waals surface area contributed by atoms with E-state index in [4.69, 9.17) is 0 Å². The predicted octanol–water partition coefficient (Wildman–Crippen LogP) is 3.00. The maximum absolute atomic E-state index is 11.4. The Morgan fingerprint density at radius 1 is 1.41 bits per heavy atom. The van der Waals surface area contributed by atoms with E-state index in [1.165, 1.54) is 0 Å². The molecule has 0 aliphatic rings. The zero-order valence-corrected chi connectivity index (χ0v) is 11.4. The van der Waals surface area contributed by atoms with Crippen molar-refractivity contribution in [1.82, 2.24) is 4.98 Å². The average molecular weight is 237 g/mol. The Kier molecular flexibility index (Phi) is 4.02. The number of aromatic hydroxyl groups is 1. The lowest BCUT2D eigenvalue weighted by Crippen LogP contribution is -2.16. The second kappa shape index (κ2) is 4.94. The molecule has 0 spiro atoms. The van der Waals surface area contributed by atoms with Crippen LogP contribution in [0.25, 0.3) is 0 Å². The summed E-state index contributed by atoms with van der Waals surface area (Å²) in [5.41, 5.74) is 1.46. The fourth-order valence-electron chi connectivity index (χ4n) is 2.35. The van der Waals surface area contributed by atoms with E-state index in [9.17, 15) is 9.90 Å². The van der Waals surface area contributed by atoms with Crippen LogP contribution in [0.3, 0.4) is 0 Å². The summed E-state index contributed by atoms with van der Waals surface area (Å²) >= 11 is 0. The van der Waals surface area contributed by atoms with Gasteiger partial charge in [0.1, 0.15) is 0 Å². The van der Waals surface area contributed by atoms with Crippen molar-refractivity contribution in [2.45, 2.75) is 47.5 Å². The van der Waals surface area contributed by atoms with E-state index in [0.29, 0.717) is 16.9 Å². The highest BCUT2D eigenvalue weighted by molar-refractivity contribution is 5.29. The fourth-order valence-corrected chi connectivity index (χ4v) is 2.35. The number of hydrogen-bond donors (Lipinski definition) is 2. The van der Waals surface area contributed by atoms with Gasteiger partial charge < -0.3 is 10.1 Å². The van der Waals surface area contributed by atoms with Gasteiger partial charge in [-0.3, -0.25) is 4.79 Å². The van der Waals surface area contributed by atoms with E-state index in [0.717, 1.165) is 18.5 Å². The van der Waals surface area contributed by atoms with Gasteiger partial charge in [-0.15, -0.1) is 0 Å². The Hall–Kier alpha value is -1.25. The SMILES string of the molecule is Cc1cc(CC(C)CC(C)(C)C)[nH]c(=O)c1O. The monoisotopic (exact) mass is 237 g/mol. The van der Waals surface area contributed by atoms with Crippen LogP contribution in [0, 0.1) is 18.3 Å². The van der Waals surface area contributed by atoms with Crippen molar-refractivity contribution in [3.63, 3.8) is 0 Å². The summed E-state index contributed by atoms with van der Waals surface area (Å²) in [6, 6.07) is 1.86. The zero-order chi connectivity index (χ0) is 13.2. The van der Waals surface area contributed by atoms with Gasteiger partial charge >= 0.3 is 0 Å². The second-order valence-electron chi connectivity index (χ2n) is 6.23. The van der Waals surface area contributed by atoms with Crippen LogP contribution in [0.15, 0.2) is 10.9 Å². The van der Waals surface area contributed by atoms with E-state index < -0.39 is 0 Å². The quantitative estimate of drug-likeness (QED) is 0.849. The molecule has 0 saturated heterocycles. The highest BCUT2D eigenvalue weighted by atomic mass is 16.3. The molecule has 0 radical (unpaired) electrons. The van der Waals surface area contributed by atoms with Crippen LogP contribution in [0.1, 0.15) is 45.4 Å². The Morgan fingerprint density at radius 2 is 2.00 bits per heavy atom. The van der Waals surface area contributed by atoms with E-state index >= 15 is 0 Å². The molecule has 1 aromatic heterocycles. The van der Waals surface area contributed by atoms with Crippen molar-refractivity contribution in [1.29, 1.82) is 0 Å². The molecule has 1 atom stereocenters. The van der Waals surface area contributed by atoms with Gasteiger partial charge in [0, 0.05) is 5.69 Å². The maximum atomic E-state index is 11.4. The number of aromatic nitrogens is 1. The zero-order valence-electron chi connectivity index (χ0n) is 11.4. The van der Waals surface area contributed by atoms with E-state index in [-0.39, 0.29) is 11.3 Å². The molecule has 0 fully saturated rings. The van der Waals surface area contributed by atoms with Crippen LogP contribution < -0.4 is 5.56 Å². The van der Waals surface area contributed by atoms with Gasteiger partial charge in [-0.2, -0.15) is 0 Å². The number of hydrogen-bond acceptors (Lipinski definition) is 2. The Bertz CT molecular complexity index is 441. The van der Waals surface area contributed by atoms with E-state index in [1.54, 1.807) is 6.92 Å². The number of rotatable bonds is 3. The van der Waals surface area contributed by atoms with Gasteiger partial charge in [0.2, 0.25) is 0 Å². The lowest BCUT2D eigenvalue weighted by Gasteiger charge is -2.23. The summed E-state index contributed by atoms with van der Waals surface area (Å²) in [5, 5.41) is 9.41. The molecular weight excluding hydrogens is 214 g/mol. The molecule has 17 heavy (non-hydrogen) atoms. The maximum Gasteiger partial charge on any atom is 0.290 e. The summed E-state index contributed by atoms with van der Waals surface area (Å²) < 4.78 is 0. The molecule has 0 aromatic carbocycles. The molecule has 0 amide bonds. The van der Waals surface area contributed by atoms with Gasteiger partial charge in [-0.05, 0) is 42.7 Å². The van der Waals surface area contributed by atoms with Gasteiger partial charge in [0.25, 0.3) is 5.56 Å². The van der Waals surface area contributed by atoms with Crippen LogP contribution >= 0.6 is 0 Å². The third-order valence-corrected chi connectivity index (χ3v) is 2.78. The Balaban J connectivity index is 2.79. The molecule has 2 N–H and O–H groups in total. The first kappa shape index (κ1) is 13.8. The molecule has 0 bridgehead atoms.